The summed E-state index contributed by atoms with van der Waals surface area (Å²) < 4.78 is 0. The van der Waals surface area contributed by atoms with Crippen LogP contribution in [0.5, 0.6) is 0 Å². The van der Waals surface area contributed by atoms with Crippen molar-refractivity contribution in [2.75, 3.05) is 24.2 Å². The fourth-order valence-electron chi connectivity index (χ4n) is 7.79. The molecule has 8 rings (SSSR count). The number of hydrogen-bond donors (Lipinski definition) is 5. The van der Waals surface area contributed by atoms with E-state index >= 15 is 0 Å². The van der Waals surface area contributed by atoms with Gasteiger partial charge in [0.15, 0.2) is 0 Å². The summed E-state index contributed by atoms with van der Waals surface area (Å²) in [6.07, 6.45) is 4.43. The first kappa shape index (κ1) is 26.1. The van der Waals surface area contributed by atoms with Crippen LogP contribution in [0.4, 0.5) is 11.5 Å². The van der Waals surface area contributed by atoms with Crippen molar-refractivity contribution < 1.29 is 14.7 Å². The molecule has 2 bridgehead atoms. The molecule has 0 saturated heterocycles. The minimum Gasteiger partial charge on any atom is -0.373 e. The highest BCUT2D eigenvalue weighted by atomic mass is 16.3. The Bertz CT molecular complexity index is 1540. The molecule has 41 heavy (non-hydrogen) atoms. The highest BCUT2D eigenvalue weighted by Crippen LogP contribution is 2.66. The second kappa shape index (κ2) is 9.37. The molecule has 3 saturated carbocycles. The number of aliphatic hydroxyl groups is 1. The molecule has 2 amide bonds. The summed E-state index contributed by atoms with van der Waals surface area (Å²) in [5.74, 6) is 0.514. The van der Waals surface area contributed by atoms with Crippen LogP contribution in [0.15, 0.2) is 60.8 Å². The van der Waals surface area contributed by atoms with Gasteiger partial charge in [-0.25, -0.2) is 4.98 Å². The van der Waals surface area contributed by atoms with Gasteiger partial charge in [-0.1, -0.05) is 36.4 Å². The van der Waals surface area contributed by atoms with Crippen LogP contribution in [0, 0.1) is 5.41 Å². The van der Waals surface area contributed by atoms with Crippen LogP contribution in [0.1, 0.15) is 47.1 Å². The Hall–Kier alpha value is -3.79. The Morgan fingerprint density at radius 3 is 2.59 bits per heavy atom. The number of anilines is 2. The molecule has 5 aliphatic rings. The van der Waals surface area contributed by atoms with Gasteiger partial charge in [0, 0.05) is 36.1 Å². The lowest BCUT2D eigenvalue weighted by Crippen LogP contribution is -2.76. The van der Waals surface area contributed by atoms with E-state index in [1.165, 1.54) is 0 Å². The van der Waals surface area contributed by atoms with Gasteiger partial charge in [0.2, 0.25) is 11.8 Å². The second-order valence-electron chi connectivity index (χ2n) is 12.6. The van der Waals surface area contributed by atoms with Crippen LogP contribution in [0.2, 0.25) is 0 Å². The van der Waals surface area contributed by atoms with Gasteiger partial charge in [-0.3, -0.25) is 9.59 Å². The maximum atomic E-state index is 13.8. The second-order valence-corrected chi connectivity index (χ2v) is 12.6. The molecule has 2 atom stereocenters. The number of aromatic nitrogens is 1. The first-order chi connectivity index (χ1) is 19.7. The Morgan fingerprint density at radius 1 is 1.07 bits per heavy atom. The van der Waals surface area contributed by atoms with E-state index in [0.717, 1.165) is 33.6 Å². The summed E-state index contributed by atoms with van der Waals surface area (Å²) in [4.78, 5) is 33.3. The van der Waals surface area contributed by atoms with Gasteiger partial charge in [0.05, 0.1) is 10.8 Å². The highest BCUT2D eigenvalue weighted by Gasteiger charge is 2.70. The average Bonchev–Trinajstić information content (AvgIpc) is 3.43. The van der Waals surface area contributed by atoms with Crippen molar-refractivity contribution in [3.8, 4) is 0 Å². The zero-order chi connectivity index (χ0) is 28.4. The molecular formula is C32H36N6O3. The molecule has 2 heterocycles. The summed E-state index contributed by atoms with van der Waals surface area (Å²) in [6.45, 7) is 1.02. The Balaban J connectivity index is 1.08. The minimum atomic E-state index is -0.729. The summed E-state index contributed by atoms with van der Waals surface area (Å²) in [5, 5.41) is 20.3. The highest BCUT2D eigenvalue weighted by molar-refractivity contribution is 5.96. The normalized spacial score (nSPS) is 28.2. The molecule has 3 fully saturated rings. The molecule has 9 nitrogen and oxygen atoms in total. The van der Waals surface area contributed by atoms with Gasteiger partial charge in [0.1, 0.15) is 18.6 Å². The number of fused-ring (bicyclic) bond motifs is 3. The van der Waals surface area contributed by atoms with Crippen LogP contribution < -0.4 is 21.7 Å². The standard InChI is InChI=1S/C32H36N6O3/c1-34-14-21-5-2-3-6-22(21)15-38(29(41)30-17-31(33,18-30)19-30)16-26(39)36-24-9-8-20-12-32(13-23(20)11-24)25-7-4-10-35-27(25)37-28(32)40/h2-11,28,34,40H,12-19,33H2,1H3,(H,35,37)(H,36,39). The zero-order valence-electron chi connectivity index (χ0n) is 23.2. The van der Waals surface area contributed by atoms with Crippen LogP contribution in [-0.2, 0) is 40.9 Å². The Labute approximate surface area is 239 Å². The number of nitrogens with one attached hydrogen (secondary N) is 3. The lowest BCUT2D eigenvalue weighted by Gasteiger charge is -2.68. The topological polar surface area (TPSA) is 133 Å². The predicted octanol–water partition coefficient (Wildman–Crippen LogP) is 2.43. The molecule has 4 aliphatic carbocycles. The van der Waals surface area contributed by atoms with Crippen LogP contribution >= 0.6 is 0 Å². The van der Waals surface area contributed by atoms with E-state index in [-0.39, 0.29) is 23.9 Å². The molecule has 212 valence electrons. The molecule has 1 spiro atoms. The maximum absolute atomic E-state index is 13.8. The Kier molecular flexibility index (Phi) is 5.97. The number of carbonyl (C=O) groups is 2. The van der Waals surface area contributed by atoms with E-state index in [2.05, 4.69) is 20.9 Å². The number of benzene rings is 2. The fourth-order valence-corrected chi connectivity index (χ4v) is 7.79. The van der Waals surface area contributed by atoms with Crippen molar-refractivity contribution in [2.45, 2.75) is 62.4 Å². The van der Waals surface area contributed by atoms with E-state index < -0.39 is 17.1 Å². The van der Waals surface area contributed by atoms with Gasteiger partial charge < -0.3 is 31.7 Å². The van der Waals surface area contributed by atoms with Gasteiger partial charge in [-0.05, 0) is 79.6 Å². The smallest absolute Gasteiger partial charge is 0.244 e. The van der Waals surface area contributed by atoms with Crippen molar-refractivity contribution in [3.05, 3.63) is 88.6 Å². The molecule has 2 aromatic carbocycles. The summed E-state index contributed by atoms with van der Waals surface area (Å²) in [5.41, 5.74) is 11.3. The van der Waals surface area contributed by atoms with Gasteiger partial charge in [0.25, 0.3) is 0 Å². The lowest BCUT2D eigenvalue weighted by atomic mass is 9.39. The molecule has 2 unspecified atom stereocenters. The monoisotopic (exact) mass is 552 g/mol. The number of carbonyl (C=O) groups excluding carboxylic acids is 2. The molecule has 3 aromatic rings. The quantitative estimate of drug-likeness (QED) is 0.290. The van der Waals surface area contributed by atoms with Crippen LogP contribution in [0.25, 0.3) is 0 Å². The third-order valence-corrected chi connectivity index (χ3v) is 9.64. The van der Waals surface area contributed by atoms with Gasteiger partial charge in [-0.15, -0.1) is 0 Å². The average molecular weight is 553 g/mol. The summed E-state index contributed by atoms with van der Waals surface area (Å²) >= 11 is 0. The predicted molar refractivity (Wildman–Crippen MR) is 156 cm³/mol. The van der Waals surface area contributed by atoms with Crippen molar-refractivity contribution in [3.63, 3.8) is 0 Å². The van der Waals surface area contributed by atoms with Crippen LogP contribution in [0.3, 0.4) is 0 Å². The molecular weight excluding hydrogens is 516 g/mol. The first-order valence-corrected chi connectivity index (χ1v) is 14.3. The molecule has 1 aliphatic heterocycles. The van der Waals surface area contributed by atoms with E-state index in [0.29, 0.717) is 50.9 Å². The number of amides is 2. The number of rotatable bonds is 8. The SMILES string of the molecule is CNCc1ccccc1CN(CC(=O)Nc1ccc2c(c1)CC1(C2)c2cccnc2NC1O)C(=O)C12CC(N)(C1)C2. The summed E-state index contributed by atoms with van der Waals surface area (Å²) in [6, 6.07) is 17.9. The van der Waals surface area contributed by atoms with Crippen molar-refractivity contribution >= 4 is 23.3 Å². The molecule has 0 radical (unpaired) electrons. The third-order valence-electron chi connectivity index (χ3n) is 9.64. The first-order valence-electron chi connectivity index (χ1n) is 14.3. The van der Waals surface area contributed by atoms with E-state index in [4.69, 9.17) is 5.73 Å². The van der Waals surface area contributed by atoms with Crippen LogP contribution in [-0.4, -0.2) is 52.2 Å². The zero-order valence-corrected chi connectivity index (χ0v) is 23.2. The number of hydrogen-bond acceptors (Lipinski definition) is 7. The molecule has 1 aromatic heterocycles. The van der Waals surface area contributed by atoms with Gasteiger partial charge >= 0.3 is 0 Å². The number of aliphatic hydroxyl groups excluding tert-OH is 1. The largest absolute Gasteiger partial charge is 0.373 e. The maximum Gasteiger partial charge on any atom is 0.244 e. The van der Waals surface area contributed by atoms with E-state index in [1.807, 2.05) is 61.6 Å². The molecule has 6 N–H and O–H groups in total. The lowest BCUT2D eigenvalue weighted by molar-refractivity contribution is -0.184. The number of nitrogens with two attached hydrogens (primary N) is 1. The summed E-state index contributed by atoms with van der Waals surface area (Å²) in [7, 11) is 1.90. The number of nitrogens with zero attached hydrogens (tertiary/aromatic N) is 2. The molecule has 9 heteroatoms. The van der Waals surface area contributed by atoms with E-state index in [1.54, 1.807) is 11.1 Å². The minimum absolute atomic E-state index is 0.0186. The van der Waals surface area contributed by atoms with Gasteiger partial charge in [-0.2, -0.15) is 0 Å². The third kappa shape index (κ3) is 4.22. The van der Waals surface area contributed by atoms with Crippen molar-refractivity contribution in [1.82, 2.24) is 15.2 Å². The Morgan fingerprint density at radius 2 is 1.83 bits per heavy atom. The number of pyridine rings is 1. The van der Waals surface area contributed by atoms with E-state index in [9.17, 15) is 14.7 Å². The van der Waals surface area contributed by atoms with Crippen molar-refractivity contribution in [2.24, 2.45) is 11.1 Å². The van der Waals surface area contributed by atoms with Crippen molar-refractivity contribution in [1.29, 1.82) is 0 Å². The fraction of sp³-hybridized carbons (Fsp3) is 0.406.